The van der Waals surface area contributed by atoms with Gasteiger partial charge in [-0.25, -0.2) is 5.10 Å². The average Bonchev–Trinajstić information content (AvgIpc) is 2.87. The minimum Gasteiger partial charge on any atom is -0.300 e. The van der Waals surface area contributed by atoms with Crippen LogP contribution in [0.4, 0.5) is 0 Å². The molecule has 0 unspecified atom stereocenters. The molecule has 84 valence electrons. The summed E-state index contributed by atoms with van der Waals surface area (Å²) in [6, 6.07) is 0.645. The zero-order valence-electron chi connectivity index (χ0n) is 9.32. The highest BCUT2D eigenvalue weighted by Crippen LogP contribution is 2.19. The van der Waals surface area contributed by atoms with Crippen molar-refractivity contribution in [1.82, 2.24) is 25.5 Å². The van der Waals surface area contributed by atoms with Crippen LogP contribution in [0, 0.1) is 0 Å². The Morgan fingerprint density at radius 3 is 3.20 bits per heavy atom. The van der Waals surface area contributed by atoms with Crippen LogP contribution >= 0.6 is 0 Å². The van der Waals surface area contributed by atoms with Crippen molar-refractivity contribution in [2.45, 2.75) is 45.1 Å². The van der Waals surface area contributed by atoms with E-state index in [0.29, 0.717) is 6.04 Å². The molecule has 2 heterocycles. The Labute approximate surface area is 90.2 Å². The van der Waals surface area contributed by atoms with Crippen LogP contribution < -0.4 is 0 Å². The second-order valence-corrected chi connectivity index (χ2v) is 4.24. The molecular formula is C10H19N5. The van der Waals surface area contributed by atoms with Gasteiger partial charge < -0.3 is 0 Å². The Morgan fingerprint density at radius 1 is 1.53 bits per heavy atom. The summed E-state index contributed by atoms with van der Waals surface area (Å²) in [5.74, 6) is 0.920. The predicted octanol–water partition coefficient (Wildman–Crippen LogP) is 1.01. The molecule has 1 aliphatic rings. The van der Waals surface area contributed by atoms with E-state index in [1.165, 1.54) is 38.8 Å². The van der Waals surface area contributed by atoms with Crippen molar-refractivity contribution >= 4 is 0 Å². The van der Waals surface area contributed by atoms with Crippen LogP contribution in [-0.4, -0.2) is 44.7 Å². The fraction of sp³-hybridized carbons (Fsp3) is 0.900. The van der Waals surface area contributed by atoms with Gasteiger partial charge in [-0.15, -0.1) is 5.10 Å². The lowest BCUT2D eigenvalue weighted by Crippen LogP contribution is -2.32. The zero-order valence-corrected chi connectivity index (χ0v) is 9.32. The molecule has 1 aliphatic heterocycles. The van der Waals surface area contributed by atoms with Gasteiger partial charge in [0, 0.05) is 12.5 Å². The number of rotatable bonds is 5. The summed E-state index contributed by atoms with van der Waals surface area (Å²) < 4.78 is 0. The van der Waals surface area contributed by atoms with E-state index in [9.17, 15) is 0 Å². The van der Waals surface area contributed by atoms with E-state index in [-0.39, 0.29) is 0 Å². The van der Waals surface area contributed by atoms with Gasteiger partial charge in [0.25, 0.3) is 0 Å². The first kappa shape index (κ1) is 10.5. The first-order valence-corrected chi connectivity index (χ1v) is 5.87. The van der Waals surface area contributed by atoms with Crippen LogP contribution in [0.15, 0.2) is 0 Å². The highest BCUT2D eigenvalue weighted by atomic mass is 15.5. The van der Waals surface area contributed by atoms with Crippen LogP contribution in [0.3, 0.4) is 0 Å². The molecule has 1 aromatic heterocycles. The molecule has 0 saturated carbocycles. The molecule has 0 aliphatic carbocycles. The maximum Gasteiger partial charge on any atom is 0.150 e. The number of hydrogen-bond donors (Lipinski definition) is 1. The molecule has 1 N–H and O–H groups in total. The minimum atomic E-state index is 0.645. The lowest BCUT2D eigenvalue weighted by Gasteiger charge is -2.23. The number of hydrogen-bond acceptors (Lipinski definition) is 4. The molecular weight excluding hydrogens is 190 g/mol. The molecule has 0 radical (unpaired) electrons. The first-order chi connectivity index (χ1) is 7.40. The van der Waals surface area contributed by atoms with Crippen LogP contribution in [0.1, 0.15) is 38.4 Å². The van der Waals surface area contributed by atoms with Crippen molar-refractivity contribution in [2.75, 3.05) is 13.1 Å². The molecule has 0 aromatic carbocycles. The molecule has 15 heavy (non-hydrogen) atoms. The van der Waals surface area contributed by atoms with Crippen LogP contribution in [-0.2, 0) is 6.42 Å². The molecule has 1 fully saturated rings. The molecule has 0 amide bonds. The molecule has 2 rings (SSSR count). The lowest BCUT2D eigenvalue weighted by atomic mass is 10.1. The van der Waals surface area contributed by atoms with Crippen molar-refractivity contribution in [3.63, 3.8) is 0 Å². The van der Waals surface area contributed by atoms with Gasteiger partial charge in [-0.1, -0.05) is 13.3 Å². The predicted molar refractivity (Wildman–Crippen MR) is 57.4 cm³/mol. The number of H-pyrrole nitrogens is 1. The van der Waals surface area contributed by atoms with Gasteiger partial charge in [-0.3, -0.25) is 4.90 Å². The summed E-state index contributed by atoms with van der Waals surface area (Å²) >= 11 is 0. The van der Waals surface area contributed by atoms with Crippen LogP contribution in [0.25, 0.3) is 0 Å². The van der Waals surface area contributed by atoms with Crippen LogP contribution in [0.5, 0.6) is 0 Å². The van der Waals surface area contributed by atoms with Crippen molar-refractivity contribution in [3.05, 3.63) is 5.82 Å². The summed E-state index contributed by atoms with van der Waals surface area (Å²) in [5, 5.41) is 14.0. The van der Waals surface area contributed by atoms with E-state index in [4.69, 9.17) is 0 Å². The summed E-state index contributed by atoms with van der Waals surface area (Å²) in [7, 11) is 0. The van der Waals surface area contributed by atoms with Gasteiger partial charge in [0.05, 0.1) is 0 Å². The van der Waals surface area contributed by atoms with Gasteiger partial charge in [-0.05, 0) is 42.8 Å². The summed E-state index contributed by atoms with van der Waals surface area (Å²) in [6.45, 7) is 4.71. The van der Waals surface area contributed by atoms with E-state index in [1.54, 1.807) is 0 Å². The Morgan fingerprint density at radius 2 is 2.47 bits per heavy atom. The number of nitrogens with one attached hydrogen (secondary N) is 1. The molecule has 0 spiro atoms. The van der Waals surface area contributed by atoms with Gasteiger partial charge in [-0.2, -0.15) is 0 Å². The van der Waals surface area contributed by atoms with Gasteiger partial charge >= 0.3 is 0 Å². The molecule has 0 bridgehead atoms. The summed E-state index contributed by atoms with van der Waals surface area (Å²) in [6.07, 6.45) is 6.13. The molecule has 5 nitrogen and oxygen atoms in total. The van der Waals surface area contributed by atoms with E-state index in [1.807, 2.05) is 0 Å². The molecule has 5 heteroatoms. The van der Waals surface area contributed by atoms with E-state index >= 15 is 0 Å². The van der Waals surface area contributed by atoms with Crippen LogP contribution in [0.2, 0.25) is 0 Å². The van der Waals surface area contributed by atoms with Crippen molar-refractivity contribution in [2.24, 2.45) is 0 Å². The fourth-order valence-corrected chi connectivity index (χ4v) is 2.27. The average molecular weight is 209 g/mol. The van der Waals surface area contributed by atoms with Gasteiger partial charge in [0.2, 0.25) is 0 Å². The molecule has 1 atom stereocenters. The molecule has 1 aromatic rings. The highest BCUT2D eigenvalue weighted by Gasteiger charge is 2.24. The maximum absolute atomic E-state index is 3.95. The third-order valence-electron chi connectivity index (χ3n) is 3.12. The summed E-state index contributed by atoms with van der Waals surface area (Å²) in [4.78, 5) is 2.58. The lowest BCUT2D eigenvalue weighted by molar-refractivity contribution is 0.246. The highest BCUT2D eigenvalue weighted by molar-refractivity contribution is 4.88. The van der Waals surface area contributed by atoms with E-state index < -0.39 is 0 Å². The maximum atomic E-state index is 3.95. The first-order valence-electron chi connectivity index (χ1n) is 5.87. The van der Waals surface area contributed by atoms with Gasteiger partial charge in [0.1, 0.15) is 5.82 Å². The van der Waals surface area contributed by atoms with Crippen molar-refractivity contribution < 1.29 is 0 Å². The number of aromatic nitrogens is 4. The Balaban J connectivity index is 1.85. The Kier molecular flexibility index (Phi) is 3.66. The zero-order chi connectivity index (χ0) is 10.5. The standard InChI is InChI=1S/C10H19N5/c1-2-3-6-15-7-4-5-9(15)8-10-11-13-14-12-10/h9H,2-8H2,1H3,(H,11,12,13,14)/t9-/m1/s1. The van der Waals surface area contributed by atoms with E-state index in [0.717, 1.165) is 12.2 Å². The summed E-state index contributed by atoms with van der Waals surface area (Å²) in [5.41, 5.74) is 0. The SMILES string of the molecule is CCCCN1CCC[C@@H]1Cc1nnn[nH]1. The smallest absolute Gasteiger partial charge is 0.150 e. The largest absolute Gasteiger partial charge is 0.300 e. The van der Waals surface area contributed by atoms with Crippen molar-refractivity contribution in [3.8, 4) is 0 Å². The third-order valence-corrected chi connectivity index (χ3v) is 3.12. The quantitative estimate of drug-likeness (QED) is 0.786. The van der Waals surface area contributed by atoms with Gasteiger partial charge in [0.15, 0.2) is 0 Å². The number of nitrogens with zero attached hydrogens (tertiary/aromatic N) is 4. The number of unbranched alkanes of at least 4 members (excludes halogenated alkanes) is 1. The Hall–Kier alpha value is -0.970. The minimum absolute atomic E-state index is 0.645. The second-order valence-electron chi connectivity index (χ2n) is 4.24. The monoisotopic (exact) mass is 209 g/mol. The second kappa shape index (κ2) is 5.21. The van der Waals surface area contributed by atoms with Crippen molar-refractivity contribution in [1.29, 1.82) is 0 Å². The van der Waals surface area contributed by atoms with E-state index in [2.05, 4.69) is 32.4 Å². The Bertz CT molecular complexity index is 271. The number of tetrazole rings is 1. The number of likely N-dealkylation sites (tertiary alicyclic amines) is 1. The topological polar surface area (TPSA) is 57.7 Å². The normalized spacial score (nSPS) is 22.3. The fourth-order valence-electron chi connectivity index (χ4n) is 2.27. The third kappa shape index (κ3) is 2.75. The number of aromatic amines is 1. The molecule has 1 saturated heterocycles.